The van der Waals surface area contributed by atoms with Crippen molar-refractivity contribution in [1.82, 2.24) is 5.64 Å². The lowest BCUT2D eigenvalue weighted by molar-refractivity contribution is -0.209. The third-order valence-electron chi connectivity index (χ3n) is 0.436. The normalized spacial score (nSPS) is 9.78. The first kappa shape index (κ1) is 8.31. The molecule has 3 N–H and O–H groups in total. The number of rotatable bonds is 3. The van der Waals surface area contributed by atoms with Crippen LogP contribution in [0.4, 0.5) is 0 Å². The Hall–Kier alpha value is -0.690. The summed E-state index contributed by atoms with van der Waals surface area (Å²) in [5, 5.41) is 16.1. The molecule has 6 heteroatoms. The second-order valence-electron chi connectivity index (χ2n) is 1.08. The fourth-order valence-corrected chi connectivity index (χ4v) is 0.135. The van der Waals surface area contributed by atoms with Gasteiger partial charge in [0, 0.05) is 0 Å². The summed E-state index contributed by atoms with van der Waals surface area (Å²) < 4.78 is 0. The van der Waals surface area contributed by atoms with Gasteiger partial charge in [0.1, 0.15) is 0 Å². The molecular weight excluding hydrogens is 130 g/mol. The number of carbonyl (C=O) groups is 1. The predicted octanol–water partition coefficient (Wildman–Crippen LogP) is -2.09. The standard InChI is InChI=1S/C3H7NO5/c1-8-4-9-3(7)2(5)6/h2,4-6H,1H3. The third-order valence-corrected chi connectivity index (χ3v) is 0.436. The summed E-state index contributed by atoms with van der Waals surface area (Å²) in [5.41, 5.74) is 1.66. The van der Waals surface area contributed by atoms with Crippen LogP contribution in [0.3, 0.4) is 0 Å². The molecule has 0 saturated heterocycles. The van der Waals surface area contributed by atoms with Crippen LogP contribution in [0.5, 0.6) is 0 Å². The predicted molar refractivity (Wildman–Crippen MR) is 24.5 cm³/mol. The van der Waals surface area contributed by atoms with E-state index in [1.54, 1.807) is 5.64 Å². The average molecular weight is 137 g/mol. The second-order valence-corrected chi connectivity index (χ2v) is 1.08. The van der Waals surface area contributed by atoms with Crippen LogP contribution < -0.4 is 5.64 Å². The molecule has 0 unspecified atom stereocenters. The zero-order valence-electron chi connectivity index (χ0n) is 4.70. The molecule has 0 fully saturated rings. The quantitative estimate of drug-likeness (QED) is 0.305. The number of carbonyl (C=O) groups excluding carboxylic acids is 1. The van der Waals surface area contributed by atoms with Crippen LogP contribution in [0.1, 0.15) is 0 Å². The Labute approximate surface area is 50.9 Å². The van der Waals surface area contributed by atoms with E-state index in [0.29, 0.717) is 0 Å². The van der Waals surface area contributed by atoms with Crippen LogP contribution >= 0.6 is 0 Å². The van der Waals surface area contributed by atoms with Gasteiger partial charge in [0.25, 0.3) is 6.29 Å². The van der Waals surface area contributed by atoms with Gasteiger partial charge in [-0.15, -0.1) is 0 Å². The van der Waals surface area contributed by atoms with Crippen LogP contribution in [-0.2, 0) is 14.5 Å². The van der Waals surface area contributed by atoms with Gasteiger partial charge in [-0.3, -0.25) is 4.84 Å². The topological polar surface area (TPSA) is 88.0 Å². The summed E-state index contributed by atoms with van der Waals surface area (Å²) in [4.78, 5) is 17.9. The highest BCUT2D eigenvalue weighted by molar-refractivity contribution is 5.71. The zero-order chi connectivity index (χ0) is 7.28. The highest BCUT2D eigenvalue weighted by atomic mass is 16.9. The summed E-state index contributed by atoms with van der Waals surface area (Å²) >= 11 is 0. The molecular formula is C3H7NO5. The van der Waals surface area contributed by atoms with Crippen molar-refractivity contribution in [3.63, 3.8) is 0 Å². The summed E-state index contributed by atoms with van der Waals surface area (Å²) in [6.07, 6.45) is -2.13. The first-order chi connectivity index (χ1) is 4.18. The van der Waals surface area contributed by atoms with Crippen molar-refractivity contribution in [2.75, 3.05) is 7.11 Å². The van der Waals surface area contributed by atoms with Crippen LogP contribution in [0.2, 0.25) is 0 Å². The van der Waals surface area contributed by atoms with Gasteiger partial charge >= 0.3 is 5.97 Å². The van der Waals surface area contributed by atoms with Crippen LogP contribution in [-0.4, -0.2) is 29.6 Å². The van der Waals surface area contributed by atoms with Gasteiger partial charge in [0.2, 0.25) is 0 Å². The Morgan fingerprint density at radius 1 is 1.67 bits per heavy atom. The minimum atomic E-state index is -2.13. The van der Waals surface area contributed by atoms with Gasteiger partial charge in [-0.05, 0) is 5.64 Å². The minimum Gasteiger partial charge on any atom is -0.359 e. The molecule has 54 valence electrons. The fourth-order valence-electron chi connectivity index (χ4n) is 0.135. The molecule has 0 rings (SSSR count). The van der Waals surface area contributed by atoms with E-state index in [0.717, 1.165) is 0 Å². The van der Waals surface area contributed by atoms with E-state index in [4.69, 9.17) is 10.2 Å². The molecule has 0 spiro atoms. The summed E-state index contributed by atoms with van der Waals surface area (Å²) in [5.74, 6) is -1.23. The number of aliphatic hydroxyl groups is 2. The van der Waals surface area contributed by atoms with Gasteiger partial charge in [0.05, 0.1) is 7.11 Å². The molecule has 0 bridgehead atoms. The molecule has 0 aromatic heterocycles. The van der Waals surface area contributed by atoms with E-state index in [1.165, 1.54) is 7.11 Å². The number of hydrogen-bond donors (Lipinski definition) is 3. The van der Waals surface area contributed by atoms with Crippen molar-refractivity contribution < 1.29 is 24.7 Å². The van der Waals surface area contributed by atoms with Crippen molar-refractivity contribution >= 4 is 5.97 Å². The van der Waals surface area contributed by atoms with Gasteiger partial charge in [-0.25, -0.2) is 4.79 Å². The molecule has 0 aromatic carbocycles. The van der Waals surface area contributed by atoms with Crippen molar-refractivity contribution in [2.24, 2.45) is 0 Å². The van der Waals surface area contributed by atoms with Gasteiger partial charge in [-0.1, -0.05) is 0 Å². The molecule has 0 amide bonds. The Morgan fingerprint density at radius 2 is 2.22 bits per heavy atom. The lowest BCUT2D eigenvalue weighted by Crippen LogP contribution is -2.28. The number of hydrogen-bond acceptors (Lipinski definition) is 6. The SMILES string of the molecule is CONOC(=O)C(O)O. The molecule has 0 aromatic rings. The molecule has 9 heavy (non-hydrogen) atoms. The Balaban J connectivity index is 3.28. The summed E-state index contributed by atoms with van der Waals surface area (Å²) in [7, 11) is 1.21. The average Bonchev–Trinajstić information content (AvgIpc) is 1.82. The molecule has 0 aliphatic rings. The van der Waals surface area contributed by atoms with Crippen molar-refractivity contribution in [2.45, 2.75) is 6.29 Å². The molecule has 0 saturated carbocycles. The maximum absolute atomic E-state index is 10.0. The maximum Gasteiger partial charge on any atom is 0.383 e. The van der Waals surface area contributed by atoms with Crippen molar-refractivity contribution in [1.29, 1.82) is 0 Å². The van der Waals surface area contributed by atoms with E-state index in [9.17, 15) is 4.79 Å². The number of nitrogens with one attached hydrogen (secondary N) is 1. The van der Waals surface area contributed by atoms with E-state index in [1.807, 2.05) is 0 Å². The van der Waals surface area contributed by atoms with Gasteiger partial charge in [-0.2, -0.15) is 0 Å². The Kier molecular flexibility index (Phi) is 3.89. The highest BCUT2D eigenvalue weighted by Gasteiger charge is 2.11. The Morgan fingerprint density at radius 3 is 2.56 bits per heavy atom. The molecule has 0 aliphatic carbocycles. The smallest absolute Gasteiger partial charge is 0.359 e. The fraction of sp³-hybridized carbons (Fsp3) is 0.667. The lowest BCUT2D eigenvalue weighted by Gasteiger charge is -2.02. The molecule has 0 radical (unpaired) electrons. The van der Waals surface area contributed by atoms with E-state index in [2.05, 4.69) is 9.68 Å². The molecule has 0 aliphatic heterocycles. The molecule has 6 nitrogen and oxygen atoms in total. The van der Waals surface area contributed by atoms with E-state index >= 15 is 0 Å². The summed E-state index contributed by atoms with van der Waals surface area (Å²) in [6, 6.07) is 0. The first-order valence-corrected chi connectivity index (χ1v) is 2.03. The van der Waals surface area contributed by atoms with E-state index < -0.39 is 12.3 Å². The van der Waals surface area contributed by atoms with Crippen LogP contribution in [0.25, 0.3) is 0 Å². The third kappa shape index (κ3) is 3.86. The van der Waals surface area contributed by atoms with Crippen molar-refractivity contribution in [3.05, 3.63) is 0 Å². The summed E-state index contributed by atoms with van der Waals surface area (Å²) in [6.45, 7) is 0. The molecule has 0 heterocycles. The van der Waals surface area contributed by atoms with Gasteiger partial charge in [0.15, 0.2) is 0 Å². The first-order valence-electron chi connectivity index (χ1n) is 2.03. The van der Waals surface area contributed by atoms with Gasteiger partial charge < -0.3 is 15.1 Å². The lowest BCUT2D eigenvalue weighted by atomic mass is 10.7. The zero-order valence-corrected chi connectivity index (χ0v) is 4.70. The monoisotopic (exact) mass is 137 g/mol. The Bertz CT molecular complexity index is 92.2. The largest absolute Gasteiger partial charge is 0.383 e. The number of aliphatic hydroxyl groups excluding tert-OH is 1. The van der Waals surface area contributed by atoms with Crippen LogP contribution in [0, 0.1) is 0 Å². The van der Waals surface area contributed by atoms with Crippen LogP contribution in [0.15, 0.2) is 0 Å². The highest BCUT2D eigenvalue weighted by Crippen LogP contribution is 1.77. The minimum absolute atomic E-state index is 1.21. The van der Waals surface area contributed by atoms with Crippen molar-refractivity contribution in [3.8, 4) is 0 Å². The maximum atomic E-state index is 10.0. The van der Waals surface area contributed by atoms with E-state index in [-0.39, 0.29) is 0 Å². The second kappa shape index (κ2) is 4.21. The molecule has 0 atom stereocenters.